The standard InChI is InChI=1S/C22H25BrN4O4S2/c1-12(2)27-19(14-9-10-16(23)31-14)25-26-22(27)32-11-17(28)24-20-18(21(29)30-3)13-7-5-4-6-8-15(13)33-20/h9-10,12H,4-8,11H2,1-3H3,(H,24,28). The Bertz CT molecular complexity index is 1170. The van der Waals surface area contributed by atoms with Gasteiger partial charge in [-0.2, -0.15) is 0 Å². The Labute approximate surface area is 208 Å². The molecule has 1 amide bonds. The highest BCUT2D eigenvalue weighted by atomic mass is 79.9. The number of carbonyl (C=O) groups is 2. The van der Waals surface area contributed by atoms with E-state index in [0.29, 0.717) is 32.0 Å². The van der Waals surface area contributed by atoms with E-state index in [2.05, 4.69) is 31.4 Å². The molecule has 8 nitrogen and oxygen atoms in total. The smallest absolute Gasteiger partial charge is 0.341 e. The van der Waals surface area contributed by atoms with Crippen molar-refractivity contribution >= 4 is 55.9 Å². The summed E-state index contributed by atoms with van der Waals surface area (Å²) in [5, 5.41) is 12.7. The molecule has 0 aliphatic heterocycles. The summed E-state index contributed by atoms with van der Waals surface area (Å²) in [5.41, 5.74) is 1.54. The molecule has 0 saturated carbocycles. The molecular weight excluding hydrogens is 528 g/mol. The molecule has 4 rings (SSSR count). The van der Waals surface area contributed by atoms with Crippen molar-refractivity contribution in [3.05, 3.63) is 32.8 Å². The molecular formula is C22H25BrN4O4S2. The molecule has 33 heavy (non-hydrogen) atoms. The summed E-state index contributed by atoms with van der Waals surface area (Å²) >= 11 is 6.10. The highest BCUT2D eigenvalue weighted by Crippen LogP contribution is 2.38. The Balaban J connectivity index is 1.51. The first-order valence-corrected chi connectivity index (χ1v) is 13.3. The van der Waals surface area contributed by atoms with Gasteiger partial charge in [0.05, 0.1) is 18.4 Å². The number of aryl methyl sites for hydroxylation is 1. The van der Waals surface area contributed by atoms with E-state index in [1.807, 2.05) is 24.5 Å². The summed E-state index contributed by atoms with van der Waals surface area (Å²) in [6.07, 6.45) is 5.04. The second-order valence-electron chi connectivity index (χ2n) is 7.97. The average Bonchev–Trinajstić information content (AvgIpc) is 3.44. The van der Waals surface area contributed by atoms with Crippen molar-refractivity contribution < 1.29 is 18.7 Å². The van der Waals surface area contributed by atoms with Gasteiger partial charge in [-0.3, -0.25) is 9.36 Å². The van der Waals surface area contributed by atoms with Crippen LogP contribution in [0.4, 0.5) is 5.00 Å². The summed E-state index contributed by atoms with van der Waals surface area (Å²) < 4.78 is 13.2. The van der Waals surface area contributed by atoms with Gasteiger partial charge in [0, 0.05) is 10.9 Å². The lowest BCUT2D eigenvalue weighted by atomic mass is 10.1. The fourth-order valence-corrected chi connectivity index (χ4v) is 6.35. The number of thiophene rings is 1. The number of fused-ring (bicyclic) bond motifs is 1. The van der Waals surface area contributed by atoms with Gasteiger partial charge in [0.25, 0.3) is 0 Å². The molecule has 0 saturated heterocycles. The molecule has 0 fully saturated rings. The number of carbonyl (C=O) groups excluding carboxylic acids is 2. The van der Waals surface area contributed by atoms with E-state index in [1.54, 1.807) is 6.07 Å². The Morgan fingerprint density at radius 2 is 2.06 bits per heavy atom. The second kappa shape index (κ2) is 10.4. The van der Waals surface area contributed by atoms with Crippen LogP contribution in [0.5, 0.6) is 0 Å². The zero-order valence-corrected chi connectivity index (χ0v) is 21.9. The molecule has 3 aromatic rings. The molecule has 3 heterocycles. The summed E-state index contributed by atoms with van der Waals surface area (Å²) in [6.45, 7) is 4.05. The number of halogens is 1. The summed E-state index contributed by atoms with van der Waals surface area (Å²) in [7, 11) is 1.37. The SMILES string of the molecule is COC(=O)c1c(NC(=O)CSc2nnc(-c3ccc(Br)o3)n2C(C)C)sc2c1CCCCC2. The first-order valence-electron chi connectivity index (χ1n) is 10.7. The van der Waals surface area contributed by atoms with Crippen LogP contribution in [0.2, 0.25) is 0 Å². The third-order valence-corrected chi connectivity index (χ3v) is 7.95. The van der Waals surface area contributed by atoms with Crippen molar-refractivity contribution in [1.29, 1.82) is 0 Å². The Hall–Kier alpha value is -2.11. The number of nitrogens with one attached hydrogen (secondary N) is 1. The lowest BCUT2D eigenvalue weighted by molar-refractivity contribution is -0.113. The zero-order chi connectivity index (χ0) is 23.5. The maximum absolute atomic E-state index is 12.8. The van der Waals surface area contributed by atoms with Gasteiger partial charge < -0.3 is 14.5 Å². The van der Waals surface area contributed by atoms with Gasteiger partial charge in [0.2, 0.25) is 11.7 Å². The molecule has 3 aromatic heterocycles. The summed E-state index contributed by atoms with van der Waals surface area (Å²) in [4.78, 5) is 26.5. The van der Waals surface area contributed by atoms with Crippen molar-refractivity contribution in [1.82, 2.24) is 14.8 Å². The lowest BCUT2D eigenvalue weighted by Crippen LogP contribution is -2.17. The van der Waals surface area contributed by atoms with Crippen LogP contribution in [0.1, 0.15) is 60.0 Å². The maximum Gasteiger partial charge on any atom is 0.341 e. The number of nitrogens with zero attached hydrogens (tertiary/aromatic N) is 3. The molecule has 176 valence electrons. The van der Waals surface area contributed by atoms with Crippen LogP contribution in [0, 0.1) is 0 Å². The summed E-state index contributed by atoms with van der Waals surface area (Å²) in [5.74, 6) is 0.736. The fourth-order valence-electron chi connectivity index (χ4n) is 3.88. The third kappa shape index (κ3) is 5.20. The van der Waals surface area contributed by atoms with E-state index in [9.17, 15) is 9.59 Å². The Morgan fingerprint density at radius 1 is 1.27 bits per heavy atom. The van der Waals surface area contributed by atoms with E-state index in [-0.39, 0.29) is 17.7 Å². The van der Waals surface area contributed by atoms with E-state index in [1.165, 1.54) is 35.1 Å². The molecule has 0 radical (unpaired) electrons. The minimum atomic E-state index is -0.397. The van der Waals surface area contributed by atoms with Crippen LogP contribution in [0.25, 0.3) is 11.6 Å². The molecule has 1 aliphatic rings. The van der Waals surface area contributed by atoms with Gasteiger partial charge >= 0.3 is 5.97 Å². The van der Waals surface area contributed by atoms with E-state index in [0.717, 1.165) is 37.7 Å². The van der Waals surface area contributed by atoms with Crippen LogP contribution >= 0.6 is 39.0 Å². The van der Waals surface area contributed by atoms with E-state index in [4.69, 9.17) is 9.15 Å². The quantitative estimate of drug-likeness (QED) is 0.227. The average molecular weight is 554 g/mol. The lowest BCUT2D eigenvalue weighted by Gasteiger charge is -2.12. The predicted molar refractivity (Wildman–Crippen MR) is 132 cm³/mol. The molecule has 1 N–H and O–H groups in total. The largest absolute Gasteiger partial charge is 0.465 e. The number of hydrogen-bond donors (Lipinski definition) is 1. The number of methoxy groups -OCH3 is 1. The highest BCUT2D eigenvalue weighted by molar-refractivity contribution is 9.10. The van der Waals surface area contributed by atoms with Crippen molar-refractivity contribution in [2.45, 2.75) is 57.1 Å². The molecule has 0 spiro atoms. The van der Waals surface area contributed by atoms with Crippen molar-refractivity contribution in [3.63, 3.8) is 0 Å². The zero-order valence-electron chi connectivity index (χ0n) is 18.6. The van der Waals surface area contributed by atoms with Gasteiger partial charge in [-0.25, -0.2) is 4.79 Å². The van der Waals surface area contributed by atoms with Gasteiger partial charge in [0.15, 0.2) is 15.6 Å². The number of esters is 1. The highest BCUT2D eigenvalue weighted by Gasteiger charge is 2.27. The van der Waals surface area contributed by atoms with Crippen LogP contribution < -0.4 is 5.32 Å². The number of hydrogen-bond acceptors (Lipinski definition) is 8. The number of thioether (sulfide) groups is 1. The van der Waals surface area contributed by atoms with Gasteiger partial charge in [0.1, 0.15) is 5.00 Å². The number of ether oxygens (including phenoxy) is 1. The second-order valence-corrected chi connectivity index (χ2v) is 10.8. The van der Waals surface area contributed by atoms with Crippen molar-refractivity contribution in [2.75, 3.05) is 18.2 Å². The Kier molecular flexibility index (Phi) is 7.60. The topological polar surface area (TPSA) is 99.2 Å². The third-order valence-electron chi connectivity index (χ3n) is 5.37. The van der Waals surface area contributed by atoms with Gasteiger partial charge in [-0.05, 0) is 73.2 Å². The molecule has 0 unspecified atom stereocenters. The van der Waals surface area contributed by atoms with Crippen LogP contribution in [0.3, 0.4) is 0 Å². The first kappa shape index (κ1) is 24.0. The molecule has 11 heteroatoms. The van der Waals surface area contributed by atoms with Crippen molar-refractivity contribution in [2.24, 2.45) is 0 Å². The number of amides is 1. The fraction of sp³-hybridized carbons (Fsp3) is 0.455. The molecule has 1 aliphatic carbocycles. The van der Waals surface area contributed by atoms with Gasteiger partial charge in [-0.15, -0.1) is 21.5 Å². The Morgan fingerprint density at radius 3 is 2.76 bits per heavy atom. The molecule has 0 bridgehead atoms. The van der Waals surface area contributed by atoms with Crippen LogP contribution in [0.15, 0.2) is 26.4 Å². The number of furan rings is 1. The van der Waals surface area contributed by atoms with Crippen molar-refractivity contribution in [3.8, 4) is 11.6 Å². The van der Waals surface area contributed by atoms with E-state index >= 15 is 0 Å². The minimum Gasteiger partial charge on any atom is -0.465 e. The van der Waals surface area contributed by atoms with Gasteiger partial charge in [-0.1, -0.05) is 18.2 Å². The van der Waals surface area contributed by atoms with E-state index < -0.39 is 5.97 Å². The number of rotatable bonds is 7. The number of aromatic nitrogens is 3. The predicted octanol–water partition coefficient (Wildman–Crippen LogP) is 5.73. The van der Waals surface area contributed by atoms with Crippen LogP contribution in [-0.2, 0) is 22.4 Å². The number of anilines is 1. The molecule has 0 atom stereocenters. The normalized spacial score (nSPS) is 13.6. The van der Waals surface area contributed by atoms with Crippen LogP contribution in [-0.4, -0.2) is 39.5 Å². The molecule has 0 aromatic carbocycles. The first-order chi connectivity index (χ1) is 15.9. The minimum absolute atomic E-state index is 0.0725. The summed E-state index contributed by atoms with van der Waals surface area (Å²) in [6, 6.07) is 3.70. The monoisotopic (exact) mass is 552 g/mol. The maximum atomic E-state index is 12.8.